The van der Waals surface area contributed by atoms with E-state index < -0.39 is 4.92 Å². The second-order valence-corrected chi connectivity index (χ2v) is 6.22. The number of hydrogen-bond acceptors (Lipinski definition) is 6. The van der Waals surface area contributed by atoms with E-state index in [9.17, 15) is 10.1 Å². The van der Waals surface area contributed by atoms with Crippen molar-refractivity contribution in [1.82, 2.24) is 19.5 Å². The Morgan fingerprint density at radius 3 is 2.96 bits per heavy atom. The molecule has 0 amide bonds. The molecule has 1 aliphatic rings. The van der Waals surface area contributed by atoms with Gasteiger partial charge in [0.25, 0.3) is 0 Å². The highest BCUT2D eigenvalue weighted by atomic mass is 16.6. The summed E-state index contributed by atoms with van der Waals surface area (Å²) in [7, 11) is 0. The van der Waals surface area contributed by atoms with Crippen molar-refractivity contribution >= 4 is 11.6 Å². The SMILES string of the molecule is CCC1CCCCC1Nc1ncc([N+](=O)[O-])c(Cn2ccnc2)n1. The molecule has 2 aromatic rings. The van der Waals surface area contributed by atoms with Crippen molar-refractivity contribution in [3.63, 3.8) is 0 Å². The minimum atomic E-state index is -0.439. The van der Waals surface area contributed by atoms with Gasteiger partial charge in [0.15, 0.2) is 0 Å². The lowest BCUT2D eigenvalue weighted by molar-refractivity contribution is -0.386. The molecule has 0 radical (unpaired) electrons. The summed E-state index contributed by atoms with van der Waals surface area (Å²) in [5, 5.41) is 14.6. The molecule has 2 atom stereocenters. The van der Waals surface area contributed by atoms with Crippen molar-refractivity contribution in [1.29, 1.82) is 0 Å². The zero-order chi connectivity index (χ0) is 16.9. The molecule has 0 aliphatic heterocycles. The number of nitrogens with zero attached hydrogens (tertiary/aromatic N) is 5. The van der Waals surface area contributed by atoms with E-state index in [0.29, 0.717) is 30.1 Å². The Morgan fingerprint density at radius 2 is 2.25 bits per heavy atom. The molecule has 1 fully saturated rings. The van der Waals surface area contributed by atoms with Gasteiger partial charge in [-0.25, -0.2) is 15.0 Å². The van der Waals surface area contributed by atoms with Crippen LogP contribution >= 0.6 is 0 Å². The number of nitrogens with one attached hydrogen (secondary N) is 1. The first-order valence-corrected chi connectivity index (χ1v) is 8.40. The van der Waals surface area contributed by atoms with E-state index in [-0.39, 0.29) is 5.69 Å². The normalized spacial score (nSPS) is 20.7. The third-order valence-corrected chi connectivity index (χ3v) is 4.68. The van der Waals surface area contributed by atoms with Gasteiger partial charge in [0.1, 0.15) is 11.9 Å². The number of nitro groups is 1. The van der Waals surface area contributed by atoms with Crippen LogP contribution in [-0.4, -0.2) is 30.5 Å². The minimum absolute atomic E-state index is 0.0649. The van der Waals surface area contributed by atoms with Gasteiger partial charge in [-0.1, -0.05) is 26.2 Å². The molecule has 8 heteroatoms. The van der Waals surface area contributed by atoms with Crippen molar-refractivity contribution in [2.75, 3.05) is 5.32 Å². The fraction of sp³-hybridized carbons (Fsp3) is 0.562. The number of imidazole rings is 1. The smallest absolute Gasteiger partial charge is 0.310 e. The molecule has 2 aromatic heterocycles. The highest BCUT2D eigenvalue weighted by Crippen LogP contribution is 2.29. The standard InChI is InChI=1S/C16H22N6O2/c1-2-12-5-3-4-6-13(12)19-16-18-9-15(22(23)24)14(20-16)10-21-8-7-17-11-21/h7-9,11-13H,2-6,10H2,1H3,(H,18,19,20). The van der Waals surface area contributed by atoms with Crippen LogP contribution in [0.15, 0.2) is 24.9 Å². The van der Waals surface area contributed by atoms with Gasteiger partial charge in [0.05, 0.1) is 17.8 Å². The van der Waals surface area contributed by atoms with Gasteiger partial charge in [-0.15, -0.1) is 0 Å². The quantitative estimate of drug-likeness (QED) is 0.645. The molecule has 0 bridgehead atoms. The molecule has 24 heavy (non-hydrogen) atoms. The van der Waals surface area contributed by atoms with Crippen LogP contribution in [0.2, 0.25) is 0 Å². The van der Waals surface area contributed by atoms with Crippen LogP contribution in [0.25, 0.3) is 0 Å². The van der Waals surface area contributed by atoms with Crippen molar-refractivity contribution in [2.45, 2.75) is 51.6 Å². The molecular formula is C16H22N6O2. The molecule has 0 saturated heterocycles. The monoisotopic (exact) mass is 330 g/mol. The molecule has 8 nitrogen and oxygen atoms in total. The Labute approximate surface area is 140 Å². The van der Waals surface area contributed by atoms with Gasteiger partial charge >= 0.3 is 5.69 Å². The van der Waals surface area contributed by atoms with Crippen molar-refractivity contribution in [3.8, 4) is 0 Å². The summed E-state index contributed by atoms with van der Waals surface area (Å²) in [5.74, 6) is 1.08. The minimum Gasteiger partial charge on any atom is -0.351 e. The van der Waals surface area contributed by atoms with Crippen LogP contribution in [0, 0.1) is 16.0 Å². The fourth-order valence-corrected chi connectivity index (χ4v) is 3.35. The molecule has 2 unspecified atom stereocenters. The largest absolute Gasteiger partial charge is 0.351 e. The molecular weight excluding hydrogens is 308 g/mol. The summed E-state index contributed by atoms with van der Waals surface area (Å²) >= 11 is 0. The second kappa shape index (κ2) is 7.37. The lowest BCUT2D eigenvalue weighted by atomic mass is 9.83. The highest BCUT2D eigenvalue weighted by molar-refractivity contribution is 5.39. The second-order valence-electron chi connectivity index (χ2n) is 6.22. The average Bonchev–Trinajstić information content (AvgIpc) is 3.08. The van der Waals surface area contributed by atoms with Gasteiger partial charge in [-0.05, 0) is 18.8 Å². The van der Waals surface area contributed by atoms with Crippen molar-refractivity contribution < 1.29 is 4.92 Å². The third-order valence-electron chi connectivity index (χ3n) is 4.68. The van der Waals surface area contributed by atoms with E-state index in [4.69, 9.17) is 0 Å². The zero-order valence-corrected chi connectivity index (χ0v) is 13.8. The lowest BCUT2D eigenvalue weighted by Crippen LogP contribution is -2.32. The number of aromatic nitrogens is 4. The summed E-state index contributed by atoms with van der Waals surface area (Å²) in [5.41, 5.74) is 0.323. The van der Waals surface area contributed by atoms with Gasteiger partial charge in [0.2, 0.25) is 5.95 Å². The average molecular weight is 330 g/mol. The van der Waals surface area contributed by atoms with E-state index in [2.05, 4.69) is 27.2 Å². The van der Waals surface area contributed by atoms with Crippen LogP contribution in [0.4, 0.5) is 11.6 Å². The number of rotatable bonds is 6. The Kier molecular flexibility index (Phi) is 5.02. The van der Waals surface area contributed by atoms with Crippen LogP contribution in [0.1, 0.15) is 44.7 Å². The predicted octanol–water partition coefficient (Wildman–Crippen LogP) is 3.01. The first kappa shape index (κ1) is 16.4. The summed E-state index contributed by atoms with van der Waals surface area (Å²) in [4.78, 5) is 23.3. The van der Waals surface area contributed by atoms with Crippen LogP contribution in [0.5, 0.6) is 0 Å². The Hall–Kier alpha value is -2.51. The molecule has 1 N–H and O–H groups in total. The van der Waals surface area contributed by atoms with E-state index >= 15 is 0 Å². The molecule has 0 aromatic carbocycles. The molecule has 0 spiro atoms. The summed E-state index contributed by atoms with van der Waals surface area (Å²) in [6.07, 6.45) is 12.2. The number of hydrogen-bond donors (Lipinski definition) is 1. The van der Waals surface area contributed by atoms with Crippen molar-refractivity contribution in [3.05, 3.63) is 40.7 Å². The maximum Gasteiger partial charge on any atom is 0.310 e. The van der Waals surface area contributed by atoms with Crippen molar-refractivity contribution in [2.24, 2.45) is 5.92 Å². The van der Waals surface area contributed by atoms with E-state index in [1.165, 1.54) is 25.5 Å². The van der Waals surface area contributed by atoms with Gasteiger partial charge < -0.3 is 9.88 Å². The Balaban J connectivity index is 1.82. The van der Waals surface area contributed by atoms with E-state index in [1.807, 2.05) is 0 Å². The Morgan fingerprint density at radius 1 is 1.42 bits per heavy atom. The zero-order valence-electron chi connectivity index (χ0n) is 13.8. The first-order valence-electron chi connectivity index (χ1n) is 8.40. The predicted molar refractivity (Wildman–Crippen MR) is 89.7 cm³/mol. The Bertz CT molecular complexity index is 688. The van der Waals surface area contributed by atoms with Crippen LogP contribution in [0.3, 0.4) is 0 Å². The molecule has 3 rings (SSSR count). The highest BCUT2D eigenvalue weighted by Gasteiger charge is 2.25. The van der Waals surface area contributed by atoms with Gasteiger partial charge in [-0.2, -0.15) is 0 Å². The van der Waals surface area contributed by atoms with Crippen LogP contribution < -0.4 is 5.32 Å². The molecule has 2 heterocycles. The first-order chi connectivity index (χ1) is 11.7. The topological polar surface area (TPSA) is 98.8 Å². The summed E-state index contributed by atoms with van der Waals surface area (Å²) in [6, 6.07) is 0.339. The fourth-order valence-electron chi connectivity index (χ4n) is 3.35. The summed E-state index contributed by atoms with van der Waals surface area (Å²) in [6.45, 7) is 2.50. The molecule has 128 valence electrons. The molecule has 1 aliphatic carbocycles. The number of anilines is 1. The van der Waals surface area contributed by atoms with Gasteiger partial charge in [-0.3, -0.25) is 10.1 Å². The van der Waals surface area contributed by atoms with E-state index in [1.54, 1.807) is 23.3 Å². The molecule has 1 saturated carbocycles. The maximum atomic E-state index is 11.2. The summed E-state index contributed by atoms with van der Waals surface area (Å²) < 4.78 is 1.76. The lowest BCUT2D eigenvalue weighted by Gasteiger charge is -2.31. The van der Waals surface area contributed by atoms with Gasteiger partial charge in [0, 0.05) is 18.4 Å². The van der Waals surface area contributed by atoms with E-state index in [0.717, 1.165) is 12.8 Å². The third kappa shape index (κ3) is 3.69. The maximum absolute atomic E-state index is 11.2. The van der Waals surface area contributed by atoms with Crippen LogP contribution in [-0.2, 0) is 6.54 Å².